The number of ketones is 1. The van der Waals surface area contributed by atoms with Gasteiger partial charge < -0.3 is 14.2 Å². The quantitative estimate of drug-likeness (QED) is 0.508. The molecule has 5 nitrogen and oxygen atoms in total. The molecule has 2 aliphatic rings. The van der Waals surface area contributed by atoms with Crippen LogP contribution in [0, 0.1) is 3.57 Å². The SMILES string of the molecule is COc1c2c(cc3c1[C@@H](CC(=O)c1ccc(I)cc1)N(C)CC3)OCO2. The maximum Gasteiger partial charge on any atom is 0.231 e. The number of benzene rings is 2. The van der Waals surface area contributed by atoms with Gasteiger partial charge in [0.25, 0.3) is 0 Å². The van der Waals surface area contributed by atoms with Crippen molar-refractivity contribution in [1.29, 1.82) is 0 Å². The van der Waals surface area contributed by atoms with Crippen LogP contribution in [-0.2, 0) is 6.42 Å². The maximum absolute atomic E-state index is 12.9. The zero-order chi connectivity index (χ0) is 18.3. The molecule has 0 spiro atoms. The molecule has 0 radical (unpaired) electrons. The van der Waals surface area contributed by atoms with Crippen LogP contribution in [0.1, 0.15) is 33.9 Å². The molecule has 6 heteroatoms. The molecule has 2 aromatic rings. The second-order valence-electron chi connectivity index (χ2n) is 6.60. The van der Waals surface area contributed by atoms with Gasteiger partial charge in [-0.1, -0.05) is 12.1 Å². The molecule has 0 bridgehead atoms. The number of carbonyl (C=O) groups excluding carboxylic acids is 1. The van der Waals surface area contributed by atoms with Crippen molar-refractivity contribution in [2.45, 2.75) is 18.9 Å². The Labute approximate surface area is 166 Å². The Bertz CT molecular complexity index is 850. The van der Waals surface area contributed by atoms with E-state index in [4.69, 9.17) is 14.2 Å². The molecule has 1 atom stereocenters. The lowest BCUT2D eigenvalue weighted by molar-refractivity contribution is 0.0925. The summed E-state index contributed by atoms with van der Waals surface area (Å²) >= 11 is 2.24. The fourth-order valence-electron chi connectivity index (χ4n) is 3.71. The van der Waals surface area contributed by atoms with Crippen LogP contribution in [-0.4, -0.2) is 38.2 Å². The van der Waals surface area contributed by atoms with Gasteiger partial charge in [0.05, 0.1) is 7.11 Å². The third-order valence-electron chi connectivity index (χ3n) is 5.09. The molecular weight excluding hydrogens is 445 g/mol. The number of nitrogens with zero attached hydrogens (tertiary/aromatic N) is 1. The molecule has 2 heterocycles. The van der Waals surface area contributed by atoms with E-state index in [-0.39, 0.29) is 18.6 Å². The van der Waals surface area contributed by atoms with E-state index in [0.29, 0.717) is 17.9 Å². The third-order valence-corrected chi connectivity index (χ3v) is 5.81. The van der Waals surface area contributed by atoms with Crippen molar-refractivity contribution in [3.05, 3.63) is 50.6 Å². The Balaban J connectivity index is 1.71. The summed E-state index contributed by atoms with van der Waals surface area (Å²) in [7, 11) is 3.70. The van der Waals surface area contributed by atoms with Gasteiger partial charge in [-0.15, -0.1) is 0 Å². The van der Waals surface area contributed by atoms with Crippen molar-refractivity contribution in [3.8, 4) is 17.2 Å². The maximum atomic E-state index is 12.9. The van der Waals surface area contributed by atoms with Gasteiger partial charge in [-0.3, -0.25) is 9.69 Å². The summed E-state index contributed by atoms with van der Waals surface area (Å²) in [5.74, 6) is 2.20. The van der Waals surface area contributed by atoms with E-state index in [9.17, 15) is 4.79 Å². The van der Waals surface area contributed by atoms with E-state index in [2.05, 4.69) is 34.5 Å². The van der Waals surface area contributed by atoms with Crippen molar-refractivity contribution < 1.29 is 19.0 Å². The monoisotopic (exact) mass is 465 g/mol. The molecule has 2 aliphatic heterocycles. The van der Waals surface area contributed by atoms with Crippen LogP contribution in [0.3, 0.4) is 0 Å². The average Bonchev–Trinajstić information content (AvgIpc) is 3.11. The summed E-state index contributed by atoms with van der Waals surface area (Å²) < 4.78 is 18.0. The number of likely N-dealkylation sites (N-methyl/N-ethyl adjacent to an activating group) is 1. The molecule has 26 heavy (non-hydrogen) atoms. The van der Waals surface area contributed by atoms with E-state index < -0.39 is 0 Å². The number of hydrogen-bond donors (Lipinski definition) is 0. The smallest absolute Gasteiger partial charge is 0.231 e. The Morgan fingerprint density at radius 2 is 2.08 bits per heavy atom. The highest BCUT2D eigenvalue weighted by molar-refractivity contribution is 14.1. The van der Waals surface area contributed by atoms with E-state index in [1.165, 1.54) is 5.56 Å². The van der Waals surface area contributed by atoms with E-state index in [1.807, 2.05) is 30.3 Å². The highest BCUT2D eigenvalue weighted by Gasteiger charge is 2.35. The molecule has 0 unspecified atom stereocenters. The highest BCUT2D eigenvalue weighted by Crippen LogP contribution is 2.50. The molecule has 0 amide bonds. The first-order chi connectivity index (χ1) is 12.6. The van der Waals surface area contributed by atoms with E-state index in [0.717, 1.165) is 33.4 Å². The minimum Gasteiger partial charge on any atom is -0.492 e. The van der Waals surface area contributed by atoms with Gasteiger partial charge in [-0.2, -0.15) is 0 Å². The van der Waals surface area contributed by atoms with Crippen molar-refractivity contribution in [1.82, 2.24) is 4.90 Å². The molecule has 4 rings (SSSR count). The predicted molar refractivity (Wildman–Crippen MR) is 106 cm³/mol. The first-order valence-corrected chi connectivity index (χ1v) is 9.64. The summed E-state index contributed by atoms with van der Waals surface area (Å²) in [6.45, 7) is 1.09. The summed E-state index contributed by atoms with van der Waals surface area (Å²) in [5, 5.41) is 0. The van der Waals surface area contributed by atoms with E-state index in [1.54, 1.807) is 7.11 Å². The van der Waals surface area contributed by atoms with Gasteiger partial charge in [-0.25, -0.2) is 0 Å². The van der Waals surface area contributed by atoms with Crippen LogP contribution in [0.2, 0.25) is 0 Å². The van der Waals surface area contributed by atoms with Gasteiger partial charge in [-0.05, 0) is 59.8 Å². The number of methoxy groups -OCH3 is 1. The number of ether oxygens (including phenoxy) is 3. The number of hydrogen-bond acceptors (Lipinski definition) is 5. The normalized spacial score (nSPS) is 18.5. The fourth-order valence-corrected chi connectivity index (χ4v) is 4.07. The Morgan fingerprint density at radius 3 is 2.81 bits per heavy atom. The Hall–Kier alpha value is -1.80. The lowest BCUT2D eigenvalue weighted by atomic mass is 9.87. The molecule has 0 aliphatic carbocycles. The minimum absolute atomic E-state index is 0.0463. The molecule has 136 valence electrons. The lowest BCUT2D eigenvalue weighted by Gasteiger charge is -2.35. The van der Waals surface area contributed by atoms with Gasteiger partial charge in [0.1, 0.15) is 0 Å². The van der Waals surface area contributed by atoms with Gasteiger partial charge >= 0.3 is 0 Å². The summed E-state index contributed by atoms with van der Waals surface area (Å²) in [5.41, 5.74) is 2.96. The van der Waals surface area contributed by atoms with E-state index >= 15 is 0 Å². The van der Waals surface area contributed by atoms with Crippen molar-refractivity contribution in [3.63, 3.8) is 0 Å². The lowest BCUT2D eigenvalue weighted by Crippen LogP contribution is -2.34. The van der Waals surface area contributed by atoms with Crippen LogP contribution in [0.25, 0.3) is 0 Å². The van der Waals surface area contributed by atoms with Crippen molar-refractivity contribution >= 4 is 28.4 Å². The van der Waals surface area contributed by atoms with Gasteiger partial charge in [0.15, 0.2) is 17.3 Å². The molecule has 0 fully saturated rings. The number of halogens is 1. The van der Waals surface area contributed by atoms with Gasteiger partial charge in [0, 0.05) is 33.7 Å². The number of fused-ring (bicyclic) bond motifs is 2. The van der Waals surface area contributed by atoms with Crippen LogP contribution in [0.4, 0.5) is 0 Å². The molecule has 0 saturated carbocycles. The first kappa shape index (κ1) is 17.6. The predicted octanol–water partition coefficient (Wildman–Crippen LogP) is 3.83. The Morgan fingerprint density at radius 1 is 1.31 bits per heavy atom. The topological polar surface area (TPSA) is 48.0 Å². The number of carbonyl (C=O) groups is 1. The molecule has 0 aromatic heterocycles. The van der Waals surface area contributed by atoms with Crippen LogP contribution < -0.4 is 14.2 Å². The zero-order valence-corrected chi connectivity index (χ0v) is 16.9. The highest BCUT2D eigenvalue weighted by atomic mass is 127. The standard InChI is InChI=1S/C20H20INO4/c1-22-8-7-13-9-17-19(26-11-25-17)20(24-2)18(13)15(22)10-16(23)12-3-5-14(21)6-4-12/h3-6,9,15H,7-8,10-11H2,1-2H3/t15-/m1/s1. The summed E-state index contributed by atoms with van der Waals surface area (Å²) in [4.78, 5) is 15.1. The first-order valence-electron chi connectivity index (χ1n) is 8.57. The largest absolute Gasteiger partial charge is 0.492 e. The molecule has 0 N–H and O–H groups in total. The number of rotatable bonds is 4. The Kier molecular flexibility index (Phi) is 4.79. The van der Waals surface area contributed by atoms with Crippen LogP contribution in [0.5, 0.6) is 17.2 Å². The second kappa shape index (κ2) is 7.08. The molecule has 2 aromatic carbocycles. The molecular formula is C20H20INO4. The second-order valence-corrected chi connectivity index (χ2v) is 7.84. The zero-order valence-electron chi connectivity index (χ0n) is 14.8. The van der Waals surface area contributed by atoms with Crippen LogP contribution >= 0.6 is 22.6 Å². The summed E-state index contributed by atoms with van der Waals surface area (Å²) in [6.07, 6.45) is 1.30. The molecule has 0 saturated heterocycles. The third kappa shape index (κ3) is 3.05. The minimum atomic E-state index is -0.0463. The number of Topliss-reactive ketones (excluding diaryl/α,β-unsaturated/α-hetero) is 1. The summed E-state index contributed by atoms with van der Waals surface area (Å²) in [6, 6.07) is 9.70. The van der Waals surface area contributed by atoms with Gasteiger partial charge in [0.2, 0.25) is 12.5 Å². The van der Waals surface area contributed by atoms with Crippen molar-refractivity contribution in [2.24, 2.45) is 0 Å². The average molecular weight is 465 g/mol. The van der Waals surface area contributed by atoms with Crippen molar-refractivity contribution in [2.75, 3.05) is 27.5 Å². The van der Waals surface area contributed by atoms with Crippen LogP contribution in [0.15, 0.2) is 30.3 Å². The fraction of sp³-hybridized carbons (Fsp3) is 0.350.